The van der Waals surface area contributed by atoms with Gasteiger partial charge in [-0.05, 0) is 57.7 Å². The predicted octanol–water partition coefficient (Wildman–Crippen LogP) is 0.995. The van der Waals surface area contributed by atoms with Gasteiger partial charge in [0.05, 0.1) is 13.2 Å². The molecule has 0 bridgehead atoms. The highest BCUT2D eigenvalue weighted by Gasteiger charge is 2.14. The fourth-order valence-corrected chi connectivity index (χ4v) is 3.11. The lowest BCUT2D eigenvalue weighted by Gasteiger charge is -2.26. The van der Waals surface area contributed by atoms with Crippen molar-refractivity contribution in [3.63, 3.8) is 0 Å². The number of piperidine rings is 1. The van der Waals surface area contributed by atoms with Gasteiger partial charge in [0.25, 0.3) is 0 Å². The summed E-state index contributed by atoms with van der Waals surface area (Å²) in [6.45, 7) is 8.05. The van der Waals surface area contributed by atoms with E-state index in [2.05, 4.69) is 15.5 Å². The van der Waals surface area contributed by atoms with Crippen molar-refractivity contribution in [3.05, 3.63) is 0 Å². The summed E-state index contributed by atoms with van der Waals surface area (Å²) < 4.78 is 5.33. The van der Waals surface area contributed by atoms with Gasteiger partial charge < -0.3 is 15.4 Å². The van der Waals surface area contributed by atoms with Crippen LogP contribution in [0, 0.1) is 5.92 Å². The maximum absolute atomic E-state index is 11.8. The molecule has 0 atom stereocenters. The first-order valence-electron chi connectivity index (χ1n) is 8.62. The first-order chi connectivity index (χ1) is 10.3. The topological polar surface area (TPSA) is 53.6 Å². The number of morpholine rings is 1. The molecule has 122 valence electrons. The summed E-state index contributed by atoms with van der Waals surface area (Å²) in [5, 5.41) is 6.43. The summed E-state index contributed by atoms with van der Waals surface area (Å²) in [6, 6.07) is 0. The maximum atomic E-state index is 11.8. The third kappa shape index (κ3) is 7.25. The molecule has 5 nitrogen and oxygen atoms in total. The summed E-state index contributed by atoms with van der Waals surface area (Å²) in [4.78, 5) is 14.2. The van der Waals surface area contributed by atoms with Crippen molar-refractivity contribution in [2.75, 3.05) is 52.5 Å². The van der Waals surface area contributed by atoms with Gasteiger partial charge in [0.15, 0.2) is 0 Å². The highest BCUT2D eigenvalue weighted by molar-refractivity contribution is 5.75. The molecule has 0 aromatic heterocycles. The molecule has 0 saturated carbocycles. The molecule has 2 N–H and O–H groups in total. The monoisotopic (exact) mass is 297 g/mol. The van der Waals surface area contributed by atoms with Crippen LogP contribution in [0.15, 0.2) is 0 Å². The first-order valence-corrected chi connectivity index (χ1v) is 8.62. The molecule has 0 aliphatic carbocycles. The Kier molecular flexibility index (Phi) is 8.07. The van der Waals surface area contributed by atoms with Crippen molar-refractivity contribution in [3.8, 4) is 0 Å². The number of hydrogen-bond acceptors (Lipinski definition) is 4. The van der Waals surface area contributed by atoms with Crippen molar-refractivity contribution >= 4 is 5.91 Å². The van der Waals surface area contributed by atoms with E-state index >= 15 is 0 Å². The van der Waals surface area contributed by atoms with Gasteiger partial charge in [0.2, 0.25) is 5.91 Å². The zero-order valence-corrected chi connectivity index (χ0v) is 13.2. The minimum absolute atomic E-state index is 0.236. The van der Waals surface area contributed by atoms with E-state index in [0.29, 0.717) is 6.42 Å². The van der Waals surface area contributed by atoms with Gasteiger partial charge in [-0.1, -0.05) is 0 Å². The number of carbonyl (C=O) groups is 1. The number of unbranched alkanes of at least 4 members (excludes halogenated alkanes) is 1. The van der Waals surface area contributed by atoms with E-state index in [-0.39, 0.29) is 5.91 Å². The lowest BCUT2D eigenvalue weighted by Crippen LogP contribution is -2.37. The van der Waals surface area contributed by atoms with Crippen molar-refractivity contribution in [2.45, 2.75) is 38.5 Å². The summed E-state index contributed by atoms with van der Waals surface area (Å²) in [7, 11) is 0. The van der Waals surface area contributed by atoms with E-state index in [1.807, 2.05) is 0 Å². The number of amides is 1. The van der Waals surface area contributed by atoms with Crippen LogP contribution >= 0.6 is 0 Å². The Balaban J connectivity index is 1.41. The van der Waals surface area contributed by atoms with E-state index < -0.39 is 0 Å². The Labute approximate surface area is 128 Å². The molecule has 0 unspecified atom stereocenters. The third-order valence-electron chi connectivity index (χ3n) is 4.57. The molecule has 2 saturated heterocycles. The van der Waals surface area contributed by atoms with Gasteiger partial charge in [0.1, 0.15) is 0 Å². The van der Waals surface area contributed by atoms with E-state index in [1.54, 1.807) is 0 Å². The highest BCUT2D eigenvalue weighted by atomic mass is 16.5. The standard InChI is InChI=1S/C16H31N3O2/c20-16(4-3-15-5-8-17-9-6-15)18-7-1-2-10-19-11-13-21-14-12-19/h15,17H,1-14H2,(H,18,20). The smallest absolute Gasteiger partial charge is 0.220 e. The first kappa shape index (κ1) is 16.7. The normalized spacial score (nSPS) is 21.3. The number of hydrogen-bond donors (Lipinski definition) is 2. The minimum Gasteiger partial charge on any atom is -0.379 e. The lowest BCUT2D eigenvalue weighted by molar-refractivity contribution is -0.121. The van der Waals surface area contributed by atoms with Crippen LogP contribution in [0.1, 0.15) is 38.5 Å². The molecule has 2 aliphatic heterocycles. The fourth-order valence-electron chi connectivity index (χ4n) is 3.11. The number of nitrogens with zero attached hydrogens (tertiary/aromatic N) is 1. The minimum atomic E-state index is 0.236. The molecule has 1 amide bonds. The number of ether oxygens (including phenoxy) is 1. The van der Waals surface area contributed by atoms with Crippen LogP contribution < -0.4 is 10.6 Å². The Morgan fingerprint density at radius 3 is 2.71 bits per heavy atom. The van der Waals surface area contributed by atoms with Crippen LogP contribution in [-0.2, 0) is 9.53 Å². The van der Waals surface area contributed by atoms with Crippen molar-refractivity contribution in [2.24, 2.45) is 5.92 Å². The second-order valence-corrected chi connectivity index (χ2v) is 6.24. The van der Waals surface area contributed by atoms with E-state index in [4.69, 9.17) is 4.74 Å². The maximum Gasteiger partial charge on any atom is 0.220 e. The molecular formula is C16H31N3O2. The molecule has 2 fully saturated rings. The van der Waals surface area contributed by atoms with Crippen LogP contribution in [0.2, 0.25) is 0 Å². The molecule has 2 heterocycles. The summed E-state index contributed by atoms with van der Waals surface area (Å²) >= 11 is 0. The van der Waals surface area contributed by atoms with E-state index in [1.165, 1.54) is 12.8 Å². The quantitative estimate of drug-likeness (QED) is 0.656. The van der Waals surface area contributed by atoms with Crippen LogP contribution in [0.25, 0.3) is 0 Å². The Hall–Kier alpha value is -0.650. The second-order valence-electron chi connectivity index (χ2n) is 6.24. The molecule has 0 aromatic rings. The predicted molar refractivity (Wildman–Crippen MR) is 84.3 cm³/mol. The van der Waals surface area contributed by atoms with Crippen molar-refractivity contribution < 1.29 is 9.53 Å². The van der Waals surface area contributed by atoms with E-state index in [0.717, 1.165) is 77.7 Å². The van der Waals surface area contributed by atoms with Gasteiger partial charge in [-0.3, -0.25) is 9.69 Å². The summed E-state index contributed by atoms with van der Waals surface area (Å²) in [5.41, 5.74) is 0. The molecular weight excluding hydrogens is 266 g/mol. The molecule has 0 radical (unpaired) electrons. The second kappa shape index (κ2) is 10.1. The van der Waals surface area contributed by atoms with Crippen LogP contribution in [0.3, 0.4) is 0 Å². The van der Waals surface area contributed by atoms with Gasteiger partial charge in [0, 0.05) is 26.1 Å². The number of carbonyl (C=O) groups excluding carboxylic acids is 1. The van der Waals surface area contributed by atoms with Gasteiger partial charge in [-0.25, -0.2) is 0 Å². The van der Waals surface area contributed by atoms with Crippen LogP contribution in [0.5, 0.6) is 0 Å². The van der Waals surface area contributed by atoms with Gasteiger partial charge in [-0.15, -0.1) is 0 Å². The largest absolute Gasteiger partial charge is 0.379 e. The third-order valence-corrected chi connectivity index (χ3v) is 4.57. The lowest BCUT2D eigenvalue weighted by atomic mass is 9.93. The van der Waals surface area contributed by atoms with Gasteiger partial charge >= 0.3 is 0 Å². The SMILES string of the molecule is O=C(CCC1CCNCC1)NCCCCN1CCOCC1. The number of rotatable bonds is 8. The molecule has 5 heteroatoms. The van der Waals surface area contributed by atoms with Gasteiger partial charge in [-0.2, -0.15) is 0 Å². The molecule has 2 rings (SSSR count). The summed E-state index contributed by atoms with van der Waals surface area (Å²) in [5.74, 6) is 0.984. The number of nitrogens with one attached hydrogen (secondary N) is 2. The zero-order valence-electron chi connectivity index (χ0n) is 13.2. The molecule has 0 spiro atoms. The molecule has 0 aromatic carbocycles. The highest BCUT2D eigenvalue weighted by Crippen LogP contribution is 2.17. The van der Waals surface area contributed by atoms with E-state index in [9.17, 15) is 4.79 Å². The fraction of sp³-hybridized carbons (Fsp3) is 0.938. The molecule has 21 heavy (non-hydrogen) atoms. The Bertz CT molecular complexity index is 287. The Morgan fingerprint density at radius 1 is 1.19 bits per heavy atom. The van der Waals surface area contributed by atoms with Crippen molar-refractivity contribution in [1.29, 1.82) is 0 Å². The summed E-state index contributed by atoms with van der Waals surface area (Å²) in [6.07, 6.45) is 6.46. The van der Waals surface area contributed by atoms with Crippen molar-refractivity contribution in [1.82, 2.24) is 15.5 Å². The van der Waals surface area contributed by atoms with Crippen LogP contribution in [-0.4, -0.2) is 63.3 Å². The average molecular weight is 297 g/mol. The van der Waals surface area contributed by atoms with Crippen LogP contribution in [0.4, 0.5) is 0 Å². The molecule has 2 aliphatic rings. The average Bonchev–Trinajstić information content (AvgIpc) is 2.54. The Morgan fingerprint density at radius 2 is 1.95 bits per heavy atom. The zero-order chi connectivity index (χ0) is 14.8.